The Morgan fingerprint density at radius 3 is 1.60 bits per heavy atom. The van der Waals surface area contributed by atoms with Gasteiger partial charge in [-0.2, -0.15) is 0 Å². The van der Waals surface area contributed by atoms with Crippen LogP contribution in [0.15, 0.2) is 209 Å². The smallest absolute Gasteiger partial charge is 0.164 e. The predicted octanol–water partition coefficient (Wildman–Crippen LogP) is 16.0. The second-order valence-electron chi connectivity index (χ2n) is 17.5. The van der Waals surface area contributed by atoms with Crippen molar-refractivity contribution < 1.29 is 8.83 Å². The third kappa shape index (κ3) is 5.89. The molecule has 0 fully saturated rings. The van der Waals surface area contributed by atoms with E-state index >= 15 is 0 Å². The minimum absolute atomic E-state index is 0.0977. The maximum absolute atomic E-state index is 6.58. The van der Waals surface area contributed by atoms with Crippen molar-refractivity contribution in [2.45, 2.75) is 19.3 Å². The molecule has 0 saturated heterocycles. The number of aromatic nitrogens is 3. The SMILES string of the molecule is CC1(C)c2ccccc2-c2cccc(-c3ccc(-c4ccc5oc6cccc(-c7nc(-c8cccc(-c9ccccc9)c8)nc(-c8cccc9oc%10ccccc%10c89)n7)c6c5c4)cc3)c21. The van der Waals surface area contributed by atoms with Crippen molar-refractivity contribution in [1.82, 2.24) is 15.0 Å². The van der Waals surface area contributed by atoms with E-state index in [1.807, 2.05) is 48.5 Å². The van der Waals surface area contributed by atoms with Crippen LogP contribution >= 0.6 is 0 Å². The lowest BCUT2D eigenvalue weighted by molar-refractivity contribution is 0.662. The number of nitrogens with zero attached hydrogens (tertiary/aromatic N) is 3. The number of para-hydroxylation sites is 1. The van der Waals surface area contributed by atoms with Gasteiger partial charge in [0.05, 0.1) is 0 Å². The van der Waals surface area contributed by atoms with Crippen molar-refractivity contribution in [2.24, 2.45) is 0 Å². The minimum Gasteiger partial charge on any atom is -0.456 e. The van der Waals surface area contributed by atoms with Gasteiger partial charge < -0.3 is 8.83 Å². The van der Waals surface area contributed by atoms with Gasteiger partial charge in [0.25, 0.3) is 0 Å². The molecule has 13 rings (SSSR count). The van der Waals surface area contributed by atoms with Gasteiger partial charge in [-0.1, -0.05) is 178 Å². The quantitative estimate of drug-likeness (QED) is 0.167. The highest BCUT2D eigenvalue weighted by molar-refractivity contribution is 6.14. The molecule has 1 aliphatic carbocycles. The molecule has 0 atom stereocenters. The molecule has 9 aromatic carbocycles. The molecule has 0 unspecified atom stereocenters. The Morgan fingerprint density at radius 2 is 0.815 bits per heavy atom. The van der Waals surface area contributed by atoms with E-state index in [1.54, 1.807) is 0 Å². The summed E-state index contributed by atoms with van der Waals surface area (Å²) in [7, 11) is 0. The Kier molecular flexibility index (Phi) is 8.18. The molecule has 3 aromatic heterocycles. The number of furan rings is 2. The van der Waals surface area contributed by atoms with Crippen molar-refractivity contribution >= 4 is 43.9 Å². The minimum atomic E-state index is -0.0977. The van der Waals surface area contributed by atoms with Gasteiger partial charge in [0.2, 0.25) is 0 Å². The average Bonchev–Trinajstić information content (AvgIpc) is 4.01. The first-order valence-corrected chi connectivity index (χ1v) is 22.1. The molecule has 5 heteroatoms. The first-order valence-electron chi connectivity index (χ1n) is 22.1. The molecule has 12 aromatic rings. The van der Waals surface area contributed by atoms with Gasteiger partial charge in [0.1, 0.15) is 22.3 Å². The number of benzene rings is 9. The van der Waals surface area contributed by atoms with E-state index in [-0.39, 0.29) is 5.41 Å². The summed E-state index contributed by atoms with van der Waals surface area (Å²) in [5.74, 6) is 1.70. The molecule has 0 radical (unpaired) electrons. The largest absolute Gasteiger partial charge is 0.456 e. The molecule has 5 nitrogen and oxygen atoms in total. The van der Waals surface area contributed by atoms with Crippen LogP contribution in [-0.2, 0) is 5.41 Å². The maximum Gasteiger partial charge on any atom is 0.164 e. The van der Waals surface area contributed by atoms with E-state index in [0.717, 1.165) is 82.8 Å². The zero-order valence-electron chi connectivity index (χ0n) is 35.7. The summed E-state index contributed by atoms with van der Waals surface area (Å²) in [6.07, 6.45) is 0. The summed E-state index contributed by atoms with van der Waals surface area (Å²) in [6, 6.07) is 70.2. The van der Waals surface area contributed by atoms with E-state index < -0.39 is 0 Å². The van der Waals surface area contributed by atoms with Crippen LogP contribution in [0.1, 0.15) is 25.0 Å². The van der Waals surface area contributed by atoms with Crippen LogP contribution in [0.3, 0.4) is 0 Å². The van der Waals surface area contributed by atoms with Gasteiger partial charge >= 0.3 is 0 Å². The van der Waals surface area contributed by atoms with E-state index in [1.165, 1.54) is 33.4 Å². The van der Waals surface area contributed by atoms with Crippen LogP contribution in [0.5, 0.6) is 0 Å². The molecule has 0 spiro atoms. The summed E-state index contributed by atoms with van der Waals surface area (Å²) >= 11 is 0. The molecular weight excluding hydrogens is 795 g/mol. The van der Waals surface area contributed by atoms with Crippen LogP contribution in [0.25, 0.3) is 123 Å². The Labute approximate surface area is 375 Å². The molecule has 306 valence electrons. The van der Waals surface area contributed by atoms with Crippen LogP contribution in [0.4, 0.5) is 0 Å². The molecule has 0 amide bonds. The van der Waals surface area contributed by atoms with Gasteiger partial charge in [-0.15, -0.1) is 0 Å². The van der Waals surface area contributed by atoms with Crippen molar-refractivity contribution in [3.8, 4) is 78.7 Å². The highest BCUT2D eigenvalue weighted by Crippen LogP contribution is 2.52. The highest BCUT2D eigenvalue weighted by Gasteiger charge is 2.37. The lowest BCUT2D eigenvalue weighted by Gasteiger charge is -2.24. The predicted molar refractivity (Wildman–Crippen MR) is 265 cm³/mol. The Bertz CT molecular complexity index is 3860. The first-order chi connectivity index (χ1) is 32.0. The normalized spacial score (nSPS) is 12.9. The molecule has 0 N–H and O–H groups in total. The van der Waals surface area contributed by atoms with E-state index in [0.29, 0.717) is 17.5 Å². The van der Waals surface area contributed by atoms with E-state index in [4.69, 9.17) is 23.8 Å². The number of hydrogen-bond donors (Lipinski definition) is 0. The molecular formula is C60H39N3O2. The van der Waals surface area contributed by atoms with Crippen LogP contribution in [-0.4, -0.2) is 15.0 Å². The number of rotatable bonds is 6. The highest BCUT2D eigenvalue weighted by atomic mass is 16.3. The van der Waals surface area contributed by atoms with Crippen molar-refractivity contribution in [1.29, 1.82) is 0 Å². The van der Waals surface area contributed by atoms with Gasteiger partial charge in [0.15, 0.2) is 17.5 Å². The summed E-state index contributed by atoms with van der Waals surface area (Å²) in [5, 5.41) is 3.93. The number of hydrogen-bond acceptors (Lipinski definition) is 5. The third-order valence-corrected chi connectivity index (χ3v) is 13.4. The summed E-state index contributed by atoms with van der Waals surface area (Å²) in [5.41, 5.74) is 18.0. The maximum atomic E-state index is 6.58. The van der Waals surface area contributed by atoms with Crippen LogP contribution in [0, 0.1) is 0 Å². The first kappa shape index (κ1) is 37.2. The second kappa shape index (κ2) is 14.3. The standard InChI is InChI=1S/C60H39N3O2/c1-60(2)49-24-8-6-18-43(49)44-21-11-20-42(56(44)60)38-30-28-37(29-31-38)40-32-33-51-48(35-40)55-47(23-13-27-53(55)65-51)59-62-57(41-17-10-16-39(34-41)36-14-4-3-5-15-36)61-58(63-59)46-22-12-26-52-54(46)45-19-7-9-25-50(45)64-52/h3-35H,1-2H3. The van der Waals surface area contributed by atoms with Gasteiger partial charge in [-0.05, 0) is 92.0 Å². The fourth-order valence-corrected chi connectivity index (χ4v) is 10.3. The fourth-order valence-electron chi connectivity index (χ4n) is 10.3. The Morgan fingerprint density at radius 1 is 0.323 bits per heavy atom. The molecule has 3 heterocycles. The van der Waals surface area contributed by atoms with E-state index in [9.17, 15) is 0 Å². The fraction of sp³-hybridized carbons (Fsp3) is 0.0500. The van der Waals surface area contributed by atoms with Gasteiger partial charge in [-0.25, -0.2) is 15.0 Å². The van der Waals surface area contributed by atoms with Crippen molar-refractivity contribution in [2.75, 3.05) is 0 Å². The molecule has 65 heavy (non-hydrogen) atoms. The average molecular weight is 834 g/mol. The van der Waals surface area contributed by atoms with Crippen molar-refractivity contribution in [3.05, 3.63) is 211 Å². The summed E-state index contributed by atoms with van der Waals surface area (Å²) < 4.78 is 12.9. The zero-order chi connectivity index (χ0) is 43.2. The monoisotopic (exact) mass is 833 g/mol. The van der Waals surface area contributed by atoms with Crippen LogP contribution < -0.4 is 0 Å². The van der Waals surface area contributed by atoms with Gasteiger partial charge in [0, 0.05) is 43.7 Å². The molecule has 0 aliphatic heterocycles. The van der Waals surface area contributed by atoms with Gasteiger partial charge in [-0.3, -0.25) is 0 Å². The van der Waals surface area contributed by atoms with Crippen molar-refractivity contribution in [3.63, 3.8) is 0 Å². The second-order valence-corrected chi connectivity index (χ2v) is 17.5. The topological polar surface area (TPSA) is 65.0 Å². The summed E-state index contributed by atoms with van der Waals surface area (Å²) in [6.45, 7) is 4.69. The Hall–Kier alpha value is -8.41. The molecule has 0 saturated carbocycles. The molecule has 0 bridgehead atoms. The molecule has 1 aliphatic rings. The zero-order valence-corrected chi connectivity index (χ0v) is 35.7. The number of fused-ring (bicyclic) bond motifs is 9. The third-order valence-electron chi connectivity index (χ3n) is 13.4. The van der Waals surface area contributed by atoms with E-state index in [2.05, 4.69) is 166 Å². The lowest BCUT2D eigenvalue weighted by atomic mass is 9.79. The Balaban J connectivity index is 0.956. The van der Waals surface area contributed by atoms with Crippen LogP contribution in [0.2, 0.25) is 0 Å². The summed E-state index contributed by atoms with van der Waals surface area (Å²) in [4.78, 5) is 15.8. The lowest BCUT2D eigenvalue weighted by Crippen LogP contribution is -2.16.